The lowest BCUT2D eigenvalue weighted by Crippen LogP contribution is -2.43. The summed E-state index contributed by atoms with van der Waals surface area (Å²) in [6.45, 7) is 7.72. The highest BCUT2D eigenvalue weighted by atomic mass is 16.6. The molecule has 1 aliphatic heterocycles. The fourth-order valence-electron chi connectivity index (χ4n) is 2.69. The minimum Gasteiger partial charge on any atom is -0.486 e. The molecule has 0 unspecified atom stereocenters. The Morgan fingerprint density at radius 1 is 1.31 bits per heavy atom. The van der Waals surface area contributed by atoms with Crippen molar-refractivity contribution in [1.29, 1.82) is 0 Å². The Morgan fingerprint density at radius 3 is 2.76 bits per heavy atom. The summed E-state index contributed by atoms with van der Waals surface area (Å²) >= 11 is 0. The molecular formula is C20H26N4O5. The molecule has 1 aliphatic rings. The van der Waals surface area contributed by atoms with Gasteiger partial charge < -0.3 is 24.8 Å². The number of hydrogen-bond acceptors (Lipinski definition) is 6. The third-order valence-electron chi connectivity index (χ3n) is 3.99. The van der Waals surface area contributed by atoms with Gasteiger partial charge >= 0.3 is 6.09 Å². The van der Waals surface area contributed by atoms with E-state index in [0.29, 0.717) is 24.6 Å². The van der Waals surface area contributed by atoms with Crippen LogP contribution in [0.1, 0.15) is 27.7 Å². The molecule has 29 heavy (non-hydrogen) atoms. The zero-order valence-electron chi connectivity index (χ0n) is 17.0. The van der Waals surface area contributed by atoms with Crippen molar-refractivity contribution in [3.8, 4) is 11.5 Å². The zero-order chi connectivity index (χ0) is 21.0. The average molecular weight is 402 g/mol. The Labute approximate surface area is 169 Å². The van der Waals surface area contributed by atoms with Crippen LogP contribution in [0, 0.1) is 0 Å². The van der Waals surface area contributed by atoms with Gasteiger partial charge in [-0.25, -0.2) is 4.79 Å². The summed E-state index contributed by atoms with van der Waals surface area (Å²) in [5.41, 5.74) is -0.114. The SMILES string of the molecule is C[C@@H](NC(=O)OC(C)(C)C)C(=O)Nc1cnn(C[C@@H]2COc3ccccc3O2)c1. The van der Waals surface area contributed by atoms with Crippen LogP contribution in [0.2, 0.25) is 0 Å². The Kier molecular flexibility index (Phi) is 5.95. The van der Waals surface area contributed by atoms with Crippen LogP contribution >= 0.6 is 0 Å². The molecule has 0 fully saturated rings. The number of benzene rings is 1. The van der Waals surface area contributed by atoms with Gasteiger partial charge in [0.25, 0.3) is 0 Å². The van der Waals surface area contributed by atoms with E-state index in [1.54, 1.807) is 38.6 Å². The van der Waals surface area contributed by atoms with Crippen LogP contribution in [0.15, 0.2) is 36.7 Å². The number of rotatable bonds is 5. The second kappa shape index (κ2) is 8.42. The van der Waals surface area contributed by atoms with Crippen molar-refractivity contribution >= 4 is 17.7 Å². The van der Waals surface area contributed by atoms with E-state index >= 15 is 0 Å². The van der Waals surface area contributed by atoms with Gasteiger partial charge in [-0.2, -0.15) is 5.10 Å². The van der Waals surface area contributed by atoms with Gasteiger partial charge in [0.05, 0.1) is 18.4 Å². The van der Waals surface area contributed by atoms with Crippen molar-refractivity contribution in [2.75, 3.05) is 11.9 Å². The Morgan fingerprint density at radius 2 is 2.03 bits per heavy atom. The van der Waals surface area contributed by atoms with E-state index in [1.165, 1.54) is 6.20 Å². The second-order valence-electron chi connectivity index (χ2n) is 7.81. The van der Waals surface area contributed by atoms with Crippen LogP contribution in [0.3, 0.4) is 0 Å². The maximum absolute atomic E-state index is 12.3. The summed E-state index contributed by atoms with van der Waals surface area (Å²) in [4.78, 5) is 24.1. The fourth-order valence-corrected chi connectivity index (χ4v) is 2.69. The Hall–Kier alpha value is -3.23. The molecule has 9 nitrogen and oxygen atoms in total. The maximum Gasteiger partial charge on any atom is 0.408 e. The number of amides is 2. The maximum atomic E-state index is 12.3. The summed E-state index contributed by atoms with van der Waals surface area (Å²) in [5, 5.41) is 9.46. The van der Waals surface area contributed by atoms with Crippen molar-refractivity contribution in [1.82, 2.24) is 15.1 Å². The Bertz CT molecular complexity index is 874. The first kappa shape index (κ1) is 20.5. The van der Waals surface area contributed by atoms with Gasteiger partial charge in [0.2, 0.25) is 5.91 Å². The summed E-state index contributed by atoms with van der Waals surface area (Å²) in [7, 11) is 0. The van der Waals surface area contributed by atoms with Crippen molar-refractivity contribution in [3.63, 3.8) is 0 Å². The van der Waals surface area contributed by atoms with Crippen molar-refractivity contribution in [2.24, 2.45) is 0 Å². The number of alkyl carbamates (subject to hydrolysis) is 1. The van der Waals surface area contributed by atoms with E-state index in [2.05, 4.69) is 15.7 Å². The molecule has 0 aliphatic carbocycles. The highest BCUT2D eigenvalue weighted by Gasteiger charge is 2.23. The molecule has 2 amide bonds. The minimum atomic E-state index is -0.764. The van der Waals surface area contributed by atoms with Gasteiger partial charge in [-0.3, -0.25) is 9.48 Å². The lowest BCUT2D eigenvalue weighted by molar-refractivity contribution is -0.117. The Balaban J connectivity index is 1.50. The van der Waals surface area contributed by atoms with Gasteiger partial charge in [0.15, 0.2) is 17.6 Å². The fraction of sp³-hybridized carbons (Fsp3) is 0.450. The smallest absolute Gasteiger partial charge is 0.408 e. The third-order valence-corrected chi connectivity index (χ3v) is 3.99. The highest BCUT2D eigenvalue weighted by Crippen LogP contribution is 2.31. The van der Waals surface area contributed by atoms with Gasteiger partial charge in [-0.05, 0) is 39.8 Å². The quantitative estimate of drug-likeness (QED) is 0.797. The monoisotopic (exact) mass is 402 g/mol. The minimum absolute atomic E-state index is 0.193. The molecule has 1 aromatic heterocycles. The predicted molar refractivity (Wildman–Crippen MR) is 106 cm³/mol. The number of carbonyl (C=O) groups is 2. The van der Waals surface area contributed by atoms with Gasteiger partial charge in [-0.1, -0.05) is 12.1 Å². The number of nitrogens with one attached hydrogen (secondary N) is 2. The van der Waals surface area contributed by atoms with Gasteiger partial charge in [-0.15, -0.1) is 0 Å². The lowest BCUT2D eigenvalue weighted by Gasteiger charge is -2.26. The highest BCUT2D eigenvalue weighted by molar-refractivity contribution is 5.96. The molecule has 2 N–H and O–H groups in total. The molecule has 0 saturated carbocycles. The summed E-state index contributed by atoms with van der Waals surface area (Å²) in [5.74, 6) is 1.05. The van der Waals surface area contributed by atoms with Crippen LogP contribution in [0.25, 0.3) is 0 Å². The van der Waals surface area contributed by atoms with E-state index in [4.69, 9.17) is 14.2 Å². The predicted octanol–water partition coefficient (Wildman–Crippen LogP) is 2.57. The largest absolute Gasteiger partial charge is 0.486 e. The second-order valence-corrected chi connectivity index (χ2v) is 7.81. The summed E-state index contributed by atoms with van der Waals surface area (Å²) < 4.78 is 18.4. The number of aromatic nitrogens is 2. The molecule has 0 spiro atoms. The number of fused-ring (bicyclic) bond motifs is 1. The topological polar surface area (TPSA) is 104 Å². The van der Waals surface area contributed by atoms with E-state index in [1.807, 2.05) is 24.3 Å². The molecule has 2 atom stereocenters. The van der Waals surface area contributed by atoms with Crippen LogP contribution in [0.5, 0.6) is 11.5 Å². The van der Waals surface area contributed by atoms with Gasteiger partial charge in [0, 0.05) is 6.20 Å². The van der Waals surface area contributed by atoms with Gasteiger partial charge in [0.1, 0.15) is 18.2 Å². The van der Waals surface area contributed by atoms with Crippen LogP contribution < -0.4 is 20.1 Å². The van der Waals surface area contributed by atoms with Crippen molar-refractivity contribution in [2.45, 2.75) is 52.0 Å². The molecule has 156 valence electrons. The van der Waals surface area contributed by atoms with E-state index < -0.39 is 17.7 Å². The molecule has 9 heteroatoms. The number of hydrogen-bond donors (Lipinski definition) is 2. The number of nitrogens with zero attached hydrogens (tertiary/aromatic N) is 2. The third kappa shape index (κ3) is 5.87. The average Bonchev–Trinajstić information content (AvgIpc) is 3.06. The first-order valence-corrected chi connectivity index (χ1v) is 9.41. The summed E-state index contributed by atoms with van der Waals surface area (Å²) in [6, 6.07) is 6.73. The standard InChI is InChI=1S/C20H26N4O5/c1-13(22-19(26)29-20(2,3)4)18(25)23-14-9-21-24(10-14)11-15-12-27-16-7-5-6-8-17(16)28-15/h5-10,13,15H,11-12H2,1-4H3,(H,22,26)(H,23,25)/t13-,15-/m1/s1. The van der Waals surface area contributed by atoms with E-state index in [9.17, 15) is 9.59 Å². The number of para-hydroxylation sites is 2. The molecule has 3 rings (SSSR count). The summed E-state index contributed by atoms with van der Waals surface area (Å²) in [6.07, 6.45) is 2.39. The normalized spacial score (nSPS) is 16.6. The first-order chi connectivity index (χ1) is 13.7. The molecule has 0 bridgehead atoms. The van der Waals surface area contributed by atoms with E-state index in [0.717, 1.165) is 5.75 Å². The first-order valence-electron chi connectivity index (χ1n) is 9.41. The number of carbonyl (C=O) groups excluding carboxylic acids is 2. The number of anilines is 1. The number of ether oxygens (including phenoxy) is 3. The molecule has 1 aromatic carbocycles. The van der Waals surface area contributed by atoms with E-state index in [-0.39, 0.29) is 12.0 Å². The molecular weight excluding hydrogens is 376 g/mol. The van der Waals surface area contributed by atoms with Crippen LogP contribution in [0.4, 0.5) is 10.5 Å². The zero-order valence-corrected chi connectivity index (χ0v) is 17.0. The molecule has 0 saturated heterocycles. The van der Waals surface area contributed by atoms with Crippen LogP contribution in [-0.4, -0.2) is 46.1 Å². The van der Waals surface area contributed by atoms with Crippen molar-refractivity contribution in [3.05, 3.63) is 36.7 Å². The van der Waals surface area contributed by atoms with Crippen LogP contribution in [-0.2, 0) is 16.1 Å². The molecule has 2 heterocycles. The van der Waals surface area contributed by atoms with Crippen molar-refractivity contribution < 1.29 is 23.8 Å². The molecule has 2 aromatic rings. The lowest BCUT2D eigenvalue weighted by atomic mass is 10.2. The molecule has 0 radical (unpaired) electrons.